The Bertz CT molecular complexity index is 608. The SMILES string of the molecule is COc1ccc(N)cc1OCc1ccc(C(=O)O)cc1. The van der Waals surface area contributed by atoms with Crippen molar-refractivity contribution >= 4 is 11.7 Å². The number of nitrogens with two attached hydrogens (primary N) is 1. The van der Waals surface area contributed by atoms with E-state index in [1.54, 1.807) is 37.4 Å². The van der Waals surface area contributed by atoms with E-state index in [1.807, 2.05) is 0 Å². The van der Waals surface area contributed by atoms with E-state index in [9.17, 15) is 4.79 Å². The summed E-state index contributed by atoms with van der Waals surface area (Å²) < 4.78 is 10.8. The Morgan fingerprint density at radius 1 is 1.15 bits per heavy atom. The Kier molecular flexibility index (Phi) is 4.10. The number of hydrogen-bond donors (Lipinski definition) is 2. The van der Waals surface area contributed by atoms with Crippen LogP contribution in [0, 0.1) is 0 Å². The van der Waals surface area contributed by atoms with Crippen molar-refractivity contribution < 1.29 is 19.4 Å². The largest absolute Gasteiger partial charge is 0.493 e. The van der Waals surface area contributed by atoms with Gasteiger partial charge in [-0.15, -0.1) is 0 Å². The minimum Gasteiger partial charge on any atom is -0.493 e. The van der Waals surface area contributed by atoms with Crippen LogP contribution >= 0.6 is 0 Å². The topological polar surface area (TPSA) is 81.8 Å². The van der Waals surface area contributed by atoms with Crippen molar-refractivity contribution in [2.24, 2.45) is 0 Å². The van der Waals surface area contributed by atoms with E-state index in [-0.39, 0.29) is 5.56 Å². The predicted octanol–water partition coefficient (Wildman–Crippen LogP) is 2.55. The van der Waals surface area contributed by atoms with Crippen molar-refractivity contribution in [3.63, 3.8) is 0 Å². The van der Waals surface area contributed by atoms with Gasteiger partial charge in [0.25, 0.3) is 0 Å². The fourth-order valence-electron chi connectivity index (χ4n) is 1.71. The normalized spacial score (nSPS) is 10.1. The maximum absolute atomic E-state index is 10.8. The average Bonchev–Trinajstić information content (AvgIpc) is 2.45. The van der Waals surface area contributed by atoms with Crippen molar-refractivity contribution in [2.45, 2.75) is 6.61 Å². The zero-order valence-corrected chi connectivity index (χ0v) is 11.0. The van der Waals surface area contributed by atoms with E-state index in [2.05, 4.69) is 0 Å². The molecule has 0 aromatic heterocycles. The van der Waals surface area contributed by atoms with Gasteiger partial charge in [-0.05, 0) is 29.8 Å². The fraction of sp³-hybridized carbons (Fsp3) is 0.133. The summed E-state index contributed by atoms with van der Waals surface area (Å²) in [4.78, 5) is 10.8. The summed E-state index contributed by atoms with van der Waals surface area (Å²) in [6.45, 7) is 0.305. The first-order valence-electron chi connectivity index (χ1n) is 5.98. The van der Waals surface area contributed by atoms with E-state index < -0.39 is 5.97 Å². The molecule has 0 heterocycles. The van der Waals surface area contributed by atoms with Crippen LogP contribution in [0.4, 0.5) is 5.69 Å². The maximum atomic E-state index is 10.8. The molecule has 20 heavy (non-hydrogen) atoms. The standard InChI is InChI=1S/C15H15NO4/c1-19-13-7-6-12(16)8-14(13)20-9-10-2-4-11(5-3-10)15(17)18/h2-8H,9,16H2,1H3,(H,17,18). The van der Waals surface area contributed by atoms with Crippen LogP contribution in [0.3, 0.4) is 0 Å². The summed E-state index contributed by atoms with van der Waals surface area (Å²) in [5.41, 5.74) is 7.39. The molecule has 104 valence electrons. The molecule has 0 amide bonds. The van der Waals surface area contributed by atoms with Gasteiger partial charge < -0.3 is 20.3 Å². The van der Waals surface area contributed by atoms with Crippen LogP contribution in [0.1, 0.15) is 15.9 Å². The molecule has 0 saturated carbocycles. The summed E-state index contributed by atoms with van der Waals surface area (Å²) in [7, 11) is 1.56. The zero-order chi connectivity index (χ0) is 14.5. The molecular weight excluding hydrogens is 258 g/mol. The summed E-state index contributed by atoms with van der Waals surface area (Å²) in [6.07, 6.45) is 0. The van der Waals surface area contributed by atoms with Crippen LogP contribution in [0.5, 0.6) is 11.5 Å². The molecule has 2 aromatic carbocycles. The number of hydrogen-bond acceptors (Lipinski definition) is 4. The van der Waals surface area contributed by atoms with E-state index in [0.717, 1.165) is 5.56 Å². The first kappa shape index (κ1) is 13.7. The van der Waals surface area contributed by atoms with Gasteiger partial charge in [0, 0.05) is 11.8 Å². The second-order valence-corrected chi connectivity index (χ2v) is 4.20. The Hall–Kier alpha value is -2.69. The summed E-state index contributed by atoms with van der Waals surface area (Å²) >= 11 is 0. The molecule has 0 aliphatic rings. The van der Waals surface area contributed by atoms with Crippen LogP contribution in [-0.2, 0) is 6.61 Å². The molecule has 0 radical (unpaired) electrons. The first-order valence-corrected chi connectivity index (χ1v) is 5.98. The molecule has 0 unspecified atom stereocenters. The van der Waals surface area contributed by atoms with Gasteiger partial charge in [0.15, 0.2) is 11.5 Å². The highest BCUT2D eigenvalue weighted by molar-refractivity contribution is 5.87. The lowest BCUT2D eigenvalue weighted by Crippen LogP contribution is -2.00. The second kappa shape index (κ2) is 5.97. The molecule has 0 aliphatic carbocycles. The molecule has 0 spiro atoms. The molecule has 0 aliphatic heterocycles. The Morgan fingerprint density at radius 2 is 1.85 bits per heavy atom. The summed E-state index contributed by atoms with van der Waals surface area (Å²) in [6, 6.07) is 11.6. The maximum Gasteiger partial charge on any atom is 0.335 e. The van der Waals surface area contributed by atoms with Gasteiger partial charge in [-0.25, -0.2) is 4.79 Å². The number of benzene rings is 2. The number of anilines is 1. The van der Waals surface area contributed by atoms with Crippen molar-refractivity contribution in [2.75, 3.05) is 12.8 Å². The van der Waals surface area contributed by atoms with Gasteiger partial charge in [0.1, 0.15) is 6.61 Å². The first-order chi connectivity index (χ1) is 9.60. The quantitative estimate of drug-likeness (QED) is 0.818. The second-order valence-electron chi connectivity index (χ2n) is 4.20. The fourth-order valence-corrected chi connectivity index (χ4v) is 1.71. The van der Waals surface area contributed by atoms with Crippen molar-refractivity contribution in [3.05, 3.63) is 53.6 Å². The van der Waals surface area contributed by atoms with Gasteiger partial charge in [0.2, 0.25) is 0 Å². The number of rotatable bonds is 5. The van der Waals surface area contributed by atoms with Crippen molar-refractivity contribution in [3.8, 4) is 11.5 Å². The number of carbonyl (C=O) groups is 1. The number of carboxylic acid groups (broad SMARTS) is 1. The van der Waals surface area contributed by atoms with Crippen molar-refractivity contribution in [1.82, 2.24) is 0 Å². The lowest BCUT2D eigenvalue weighted by molar-refractivity contribution is 0.0697. The van der Waals surface area contributed by atoms with Gasteiger partial charge >= 0.3 is 5.97 Å². The van der Waals surface area contributed by atoms with Crippen LogP contribution in [0.15, 0.2) is 42.5 Å². The smallest absolute Gasteiger partial charge is 0.335 e. The molecule has 3 N–H and O–H groups in total. The summed E-state index contributed by atoms with van der Waals surface area (Å²) in [5, 5.41) is 8.82. The van der Waals surface area contributed by atoms with Crippen molar-refractivity contribution in [1.29, 1.82) is 0 Å². The summed E-state index contributed by atoms with van der Waals surface area (Å²) in [5.74, 6) is 0.200. The Morgan fingerprint density at radius 3 is 2.45 bits per heavy atom. The highest BCUT2D eigenvalue weighted by Gasteiger charge is 2.06. The predicted molar refractivity (Wildman–Crippen MR) is 75.1 cm³/mol. The monoisotopic (exact) mass is 273 g/mol. The van der Waals surface area contributed by atoms with E-state index in [1.165, 1.54) is 12.1 Å². The number of aromatic carboxylic acids is 1. The third-order valence-electron chi connectivity index (χ3n) is 2.78. The molecular formula is C15H15NO4. The van der Waals surface area contributed by atoms with Crippen LogP contribution in [0.25, 0.3) is 0 Å². The lowest BCUT2D eigenvalue weighted by atomic mass is 10.1. The van der Waals surface area contributed by atoms with Gasteiger partial charge in [-0.3, -0.25) is 0 Å². The number of methoxy groups -OCH3 is 1. The van der Waals surface area contributed by atoms with E-state index >= 15 is 0 Å². The van der Waals surface area contributed by atoms with Gasteiger partial charge in [-0.2, -0.15) is 0 Å². The Labute approximate surface area is 116 Å². The highest BCUT2D eigenvalue weighted by Crippen LogP contribution is 2.29. The van der Waals surface area contributed by atoms with Crippen LogP contribution in [-0.4, -0.2) is 18.2 Å². The molecule has 5 nitrogen and oxygen atoms in total. The third-order valence-corrected chi connectivity index (χ3v) is 2.78. The molecule has 2 aromatic rings. The minimum absolute atomic E-state index is 0.246. The average molecular weight is 273 g/mol. The molecule has 0 bridgehead atoms. The molecule has 0 fully saturated rings. The Balaban J connectivity index is 2.08. The molecule has 5 heteroatoms. The number of carboxylic acids is 1. The van der Waals surface area contributed by atoms with Gasteiger partial charge in [-0.1, -0.05) is 12.1 Å². The highest BCUT2D eigenvalue weighted by atomic mass is 16.5. The minimum atomic E-state index is -0.949. The number of ether oxygens (including phenoxy) is 2. The zero-order valence-electron chi connectivity index (χ0n) is 11.0. The van der Waals surface area contributed by atoms with Gasteiger partial charge in [0.05, 0.1) is 12.7 Å². The molecule has 2 rings (SSSR count). The van der Waals surface area contributed by atoms with E-state index in [4.69, 9.17) is 20.3 Å². The van der Waals surface area contributed by atoms with E-state index in [0.29, 0.717) is 23.8 Å². The van der Waals surface area contributed by atoms with Crippen LogP contribution in [0.2, 0.25) is 0 Å². The number of nitrogen functional groups attached to an aromatic ring is 1. The molecule has 0 saturated heterocycles. The lowest BCUT2D eigenvalue weighted by Gasteiger charge is -2.11. The third kappa shape index (κ3) is 3.20. The molecule has 0 atom stereocenters. The van der Waals surface area contributed by atoms with Crippen LogP contribution < -0.4 is 15.2 Å².